The lowest BCUT2D eigenvalue weighted by Crippen LogP contribution is -2.30. The molecule has 0 aromatic carbocycles. The maximum absolute atomic E-state index is 5.95. The molecule has 1 rings (SSSR count). The molecule has 0 aliphatic rings. The summed E-state index contributed by atoms with van der Waals surface area (Å²) in [6.45, 7) is 9.22. The molecule has 1 aromatic rings. The lowest BCUT2D eigenvalue weighted by atomic mass is 10.0. The van der Waals surface area contributed by atoms with Crippen molar-refractivity contribution in [1.29, 1.82) is 0 Å². The van der Waals surface area contributed by atoms with Gasteiger partial charge in [-0.15, -0.1) is 5.10 Å². The van der Waals surface area contributed by atoms with Crippen molar-refractivity contribution in [3.63, 3.8) is 0 Å². The molecule has 0 amide bonds. The molecule has 0 saturated heterocycles. The van der Waals surface area contributed by atoms with Crippen LogP contribution in [0, 0.1) is 0 Å². The van der Waals surface area contributed by atoms with E-state index in [9.17, 15) is 0 Å². The molecule has 0 aliphatic carbocycles. The highest BCUT2D eigenvalue weighted by atomic mass is 16.5. The van der Waals surface area contributed by atoms with E-state index in [1.807, 2.05) is 0 Å². The summed E-state index contributed by atoms with van der Waals surface area (Å²) in [6, 6.07) is 0. The molecular weight excluding hydrogens is 240 g/mol. The van der Waals surface area contributed by atoms with Gasteiger partial charge in [0.15, 0.2) is 5.82 Å². The highest BCUT2D eigenvalue weighted by Crippen LogP contribution is 2.23. The second-order valence-corrected chi connectivity index (χ2v) is 4.41. The Labute approximate surface area is 116 Å². The SMILES string of the molecule is CCc1nnc(N(CC)CCOC)c(CN)c1CC. The van der Waals surface area contributed by atoms with Gasteiger partial charge in [0.1, 0.15) is 0 Å². The van der Waals surface area contributed by atoms with E-state index < -0.39 is 0 Å². The van der Waals surface area contributed by atoms with Gasteiger partial charge in [0.05, 0.1) is 12.3 Å². The van der Waals surface area contributed by atoms with Gasteiger partial charge in [-0.1, -0.05) is 13.8 Å². The first kappa shape index (κ1) is 15.9. The van der Waals surface area contributed by atoms with E-state index in [0.29, 0.717) is 13.2 Å². The highest BCUT2D eigenvalue weighted by Gasteiger charge is 2.17. The zero-order valence-corrected chi connectivity index (χ0v) is 12.6. The van der Waals surface area contributed by atoms with E-state index in [2.05, 4.69) is 35.9 Å². The van der Waals surface area contributed by atoms with Gasteiger partial charge in [-0.05, 0) is 25.3 Å². The maximum atomic E-state index is 5.95. The molecule has 0 radical (unpaired) electrons. The first-order valence-corrected chi connectivity index (χ1v) is 7.04. The molecular formula is C14H26N4O. The molecule has 19 heavy (non-hydrogen) atoms. The molecule has 0 saturated carbocycles. The van der Waals surface area contributed by atoms with E-state index in [1.165, 1.54) is 5.56 Å². The van der Waals surface area contributed by atoms with Gasteiger partial charge in [-0.25, -0.2) is 0 Å². The molecule has 5 heteroatoms. The van der Waals surface area contributed by atoms with Crippen LogP contribution in [0.4, 0.5) is 5.82 Å². The molecule has 0 fully saturated rings. The summed E-state index contributed by atoms with van der Waals surface area (Å²) in [5, 5.41) is 8.76. The van der Waals surface area contributed by atoms with Crippen molar-refractivity contribution in [2.75, 3.05) is 31.7 Å². The Morgan fingerprint density at radius 3 is 2.32 bits per heavy atom. The van der Waals surface area contributed by atoms with Crippen molar-refractivity contribution < 1.29 is 4.74 Å². The van der Waals surface area contributed by atoms with Gasteiger partial charge >= 0.3 is 0 Å². The van der Waals surface area contributed by atoms with Gasteiger partial charge in [-0.2, -0.15) is 5.10 Å². The first-order valence-electron chi connectivity index (χ1n) is 7.04. The lowest BCUT2D eigenvalue weighted by molar-refractivity contribution is 0.205. The first-order chi connectivity index (χ1) is 9.23. The number of hydrogen-bond donors (Lipinski definition) is 1. The summed E-state index contributed by atoms with van der Waals surface area (Å²) in [7, 11) is 1.71. The third kappa shape index (κ3) is 3.64. The number of hydrogen-bond acceptors (Lipinski definition) is 5. The maximum Gasteiger partial charge on any atom is 0.156 e. The van der Waals surface area contributed by atoms with Gasteiger partial charge < -0.3 is 15.4 Å². The molecule has 1 aromatic heterocycles. The van der Waals surface area contributed by atoms with E-state index in [1.54, 1.807) is 7.11 Å². The number of methoxy groups -OCH3 is 1. The number of aryl methyl sites for hydroxylation is 1. The summed E-state index contributed by atoms with van der Waals surface area (Å²) < 4.78 is 5.15. The van der Waals surface area contributed by atoms with Crippen LogP contribution in [0.25, 0.3) is 0 Å². The van der Waals surface area contributed by atoms with Crippen molar-refractivity contribution in [2.24, 2.45) is 5.73 Å². The fourth-order valence-corrected chi connectivity index (χ4v) is 2.32. The van der Waals surface area contributed by atoms with Crippen LogP contribution in [0.5, 0.6) is 0 Å². The van der Waals surface area contributed by atoms with Gasteiger partial charge in [0.25, 0.3) is 0 Å². The predicted molar refractivity (Wildman–Crippen MR) is 78.4 cm³/mol. The molecule has 108 valence electrons. The number of ether oxygens (including phenoxy) is 1. The predicted octanol–water partition coefficient (Wildman–Crippen LogP) is 1.53. The van der Waals surface area contributed by atoms with Crippen LogP contribution >= 0.6 is 0 Å². The Morgan fingerprint density at radius 2 is 1.84 bits per heavy atom. The van der Waals surface area contributed by atoms with Crippen molar-refractivity contribution in [1.82, 2.24) is 10.2 Å². The number of nitrogens with zero attached hydrogens (tertiary/aromatic N) is 3. The number of likely N-dealkylation sites (N-methyl/N-ethyl adjacent to an activating group) is 1. The Balaban J connectivity index is 3.18. The summed E-state index contributed by atoms with van der Waals surface area (Å²) in [5.41, 5.74) is 9.40. The van der Waals surface area contributed by atoms with Crippen LogP contribution < -0.4 is 10.6 Å². The van der Waals surface area contributed by atoms with Gasteiger partial charge in [-0.3, -0.25) is 0 Å². The zero-order valence-electron chi connectivity index (χ0n) is 12.6. The normalized spacial score (nSPS) is 10.8. The average molecular weight is 266 g/mol. The fraction of sp³-hybridized carbons (Fsp3) is 0.714. The van der Waals surface area contributed by atoms with Gasteiger partial charge in [0.2, 0.25) is 0 Å². The fourth-order valence-electron chi connectivity index (χ4n) is 2.32. The Kier molecular flexibility index (Phi) is 6.73. The minimum Gasteiger partial charge on any atom is -0.383 e. The summed E-state index contributed by atoms with van der Waals surface area (Å²) in [4.78, 5) is 2.18. The number of nitrogens with two attached hydrogens (primary N) is 1. The molecule has 0 unspecified atom stereocenters. The van der Waals surface area contributed by atoms with Crippen LogP contribution in [0.15, 0.2) is 0 Å². The number of aromatic nitrogens is 2. The molecule has 5 nitrogen and oxygen atoms in total. The van der Waals surface area contributed by atoms with Crippen LogP contribution in [0.3, 0.4) is 0 Å². The molecule has 0 spiro atoms. The Bertz CT molecular complexity index is 395. The Morgan fingerprint density at radius 1 is 1.11 bits per heavy atom. The van der Waals surface area contributed by atoms with Gasteiger partial charge in [0, 0.05) is 32.3 Å². The van der Waals surface area contributed by atoms with Crippen molar-refractivity contribution in [2.45, 2.75) is 40.2 Å². The zero-order chi connectivity index (χ0) is 14.3. The third-order valence-electron chi connectivity index (χ3n) is 3.39. The van der Waals surface area contributed by atoms with E-state index in [4.69, 9.17) is 10.5 Å². The molecule has 0 bridgehead atoms. The van der Waals surface area contributed by atoms with Crippen molar-refractivity contribution >= 4 is 5.82 Å². The highest BCUT2D eigenvalue weighted by molar-refractivity contribution is 5.51. The topological polar surface area (TPSA) is 64.3 Å². The van der Waals surface area contributed by atoms with E-state index in [0.717, 1.165) is 43.0 Å². The third-order valence-corrected chi connectivity index (χ3v) is 3.39. The second kappa shape index (κ2) is 8.07. The van der Waals surface area contributed by atoms with E-state index >= 15 is 0 Å². The lowest BCUT2D eigenvalue weighted by Gasteiger charge is -2.25. The smallest absolute Gasteiger partial charge is 0.156 e. The van der Waals surface area contributed by atoms with Crippen LogP contribution in [0.2, 0.25) is 0 Å². The molecule has 1 heterocycles. The van der Waals surface area contributed by atoms with Crippen molar-refractivity contribution in [3.05, 3.63) is 16.8 Å². The molecule has 0 aliphatic heterocycles. The summed E-state index contributed by atoms with van der Waals surface area (Å²) >= 11 is 0. The standard InChI is InChI=1S/C14H26N4O/c1-5-11-12(10-15)14(17-16-13(11)6-2)18(7-3)8-9-19-4/h5-10,15H2,1-4H3. The Hall–Kier alpha value is -1.20. The van der Waals surface area contributed by atoms with Crippen molar-refractivity contribution in [3.8, 4) is 0 Å². The average Bonchev–Trinajstić information content (AvgIpc) is 2.46. The summed E-state index contributed by atoms with van der Waals surface area (Å²) in [5.74, 6) is 0.913. The van der Waals surface area contributed by atoms with Crippen LogP contribution in [-0.4, -0.2) is 37.0 Å². The van der Waals surface area contributed by atoms with Crippen LogP contribution in [0.1, 0.15) is 37.6 Å². The summed E-state index contributed by atoms with van der Waals surface area (Å²) in [6.07, 6.45) is 1.84. The monoisotopic (exact) mass is 266 g/mol. The molecule has 0 atom stereocenters. The largest absolute Gasteiger partial charge is 0.383 e. The second-order valence-electron chi connectivity index (χ2n) is 4.41. The minimum absolute atomic E-state index is 0.504. The van der Waals surface area contributed by atoms with Crippen LogP contribution in [-0.2, 0) is 24.1 Å². The number of rotatable bonds is 8. The number of anilines is 1. The van der Waals surface area contributed by atoms with E-state index in [-0.39, 0.29) is 0 Å². The minimum atomic E-state index is 0.504. The molecule has 2 N–H and O–H groups in total. The quantitative estimate of drug-likeness (QED) is 0.773.